The normalized spacial score (nSPS) is 20.7. The minimum atomic E-state index is -0.409. The summed E-state index contributed by atoms with van der Waals surface area (Å²) < 4.78 is 27.2. The van der Waals surface area contributed by atoms with Crippen LogP contribution in [0.3, 0.4) is 0 Å². The smallest absolute Gasteiger partial charge is 0.142 e. The van der Waals surface area contributed by atoms with E-state index in [0.29, 0.717) is 17.5 Å². The summed E-state index contributed by atoms with van der Waals surface area (Å²) in [6, 6.07) is 0.803. The van der Waals surface area contributed by atoms with Gasteiger partial charge in [0.15, 0.2) is 0 Å². The van der Waals surface area contributed by atoms with Crippen molar-refractivity contribution in [2.24, 2.45) is 5.73 Å². The van der Waals surface area contributed by atoms with Gasteiger partial charge in [-0.3, -0.25) is 0 Å². The van der Waals surface area contributed by atoms with E-state index in [4.69, 9.17) is 5.73 Å². The first-order valence-electron chi connectivity index (χ1n) is 4.53. The fourth-order valence-electron chi connectivity index (χ4n) is 1.94. The van der Waals surface area contributed by atoms with Gasteiger partial charge in [-0.15, -0.1) is 0 Å². The Morgan fingerprint density at radius 2 is 2.14 bits per heavy atom. The van der Waals surface area contributed by atoms with Crippen molar-refractivity contribution < 1.29 is 8.78 Å². The van der Waals surface area contributed by atoms with Crippen LogP contribution in [0.2, 0.25) is 0 Å². The Kier molecular flexibility index (Phi) is 2.58. The molecule has 1 aliphatic carbocycles. The first kappa shape index (κ1) is 10.1. The van der Waals surface area contributed by atoms with Crippen LogP contribution in [0.15, 0.2) is 10.5 Å². The number of hydrogen-bond acceptors (Lipinski definition) is 1. The summed E-state index contributed by atoms with van der Waals surface area (Å²) in [4.78, 5) is 0. The molecule has 2 N–H and O–H groups in total. The number of benzene rings is 1. The van der Waals surface area contributed by atoms with Gasteiger partial charge in [-0.1, -0.05) is 0 Å². The van der Waals surface area contributed by atoms with Gasteiger partial charge in [0, 0.05) is 11.6 Å². The number of rotatable bonds is 0. The number of fused-ring (bicyclic) bond motifs is 1. The van der Waals surface area contributed by atoms with E-state index in [1.165, 1.54) is 6.07 Å². The summed E-state index contributed by atoms with van der Waals surface area (Å²) in [6.45, 7) is 0. The summed E-state index contributed by atoms with van der Waals surface area (Å²) in [5.41, 5.74) is 6.56. The molecule has 2 rings (SSSR count). The maximum atomic E-state index is 13.6. The molecule has 0 saturated carbocycles. The highest BCUT2D eigenvalue weighted by molar-refractivity contribution is 9.10. The van der Waals surface area contributed by atoms with Crippen molar-refractivity contribution in [3.05, 3.63) is 33.3 Å². The molecule has 0 amide bonds. The molecular formula is C10H10BrF2N. The molecule has 76 valence electrons. The summed E-state index contributed by atoms with van der Waals surface area (Å²) in [5.74, 6) is -0.767. The molecule has 1 aromatic rings. The highest BCUT2D eigenvalue weighted by atomic mass is 79.9. The molecule has 1 aliphatic rings. The third-order valence-electron chi connectivity index (χ3n) is 2.63. The lowest BCUT2D eigenvalue weighted by Crippen LogP contribution is -2.20. The number of nitrogens with two attached hydrogens (primary N) is 1. The Balaban J connectivity index is 2.67. The fourth-order valence-corrected chi connectivity index (χ4v) is 2.35. The molecular weight excluding hydrogens is 252 g/mol. The molecule has 4 heteroatoms. The van der Waals surface area contributed by atoms with Crippen molar-refractivity contribution in [2.75, 3.05) is 0 Å². The maximum absolute atomic E-state index is 13.6. The predicted molar refractivity (Wildman–Crippen MR) is 53.9 cm³/mol. The standard InChI is InChI=1S/C10H10BrF2N/c11-6-4-7(12)5-2-1-3-8(14)9(5)10(6)13/h4,8H,1-3,14H2/t8-/m1/s1. The van der Waals surface area contributed by atoms with Crippen LogP contribution < -0.4 is 5.73 Å². The van der Waals surface area contributed by atoms with Crippen LogP contribution in [-0.4, -0.2) is 0 Å². The molecule has 0 unspecified atom stereocenters. The van der Waals surface area contributed by atoms with Gasteiger partial charge in [-0.25, -0.2) is 8.78 Å². The predicted octanol–water partition coefficient (Wildman–Crippen LogP) is 3.06. The highest BCUT2D eigenvalue weighted by Crippen LogP contribution is 2.35. The fraction of sp³-hybridized carbons (Fsp3) is 0.400. The quantitative estimate of drug-likeness (QED) is 0.714. The van der Waals surface area contributed by atoms with Crippen LogP contribution in [0.4, 0.5) is 8.78 Å². The second kappa shape index (κ2) is 3.59. The average Bonchev–Trinajstić information content (AvgIpc) is 2.14. The molecule has 0 heterocycles. The zero-order valence-electron chi connectivity index (χ0n) is 7.49. The van der Waals surface area contributed by atoms with Crippen molar-refractivity contribution in [1.29, 1.82) is 0 Å². The molecule has 0 saturated heterocycles. The Hall–Kier alpha value is -0.480. The lowest BCUT2D eigenvalue weighted by Gasteiger charge is -2.23. The van der Waals surface area contributed by atoms with Gasteiger partial charge in [-0.2, -0.15) is 0 Å². The Morgan fingerprint density at radius 1 is 1.43 bits per heavy atom. The largest absolute Gasteiger partial charge is 0.324 e. The second-order valence-electron chi connectivity index (χ2n) is 3.55. The van der Waals surface area contributed by atoms with E-state index in [1.807, 2.05) is 0 Å². The third kappa shape index (κ3) is 1.46. The van der Waals surface area contributed by atoms with Gasteiger partial charge in [0.1, 0.15) is 11.6 Å². The van der Waals surface area contributed by atoms with E-state index in [-0.39, 0.29) is 16.3 Å². The molecule has 0 fully saturated rings. The minimum Gasteiger partial charge on any atom is -0.324 e. The van der Waals surface area contributed by atoms with Crippen molar-refractivity contribution in [3.8, 4) is 0 Å². The number of halogens is 3. The first-order valence-corrected chi connectivity index (χ1v) is 5.32. The van der Waals surface area contributed by atoms with Crippen LogP contribution in [-0.2, 0) is 6.42 Å². The Labute approximate surface area is 89.4 Å². The average molecular weight is 262 g/mol. The SMILES string of the molecule is N[C@@H]1CCCc2c(F)cc(Br)c(F)c21. The van der Waals surface area contributed by atoms with Gasteiger partial charge in [0.2, 0.25) is 0 Å². The first-order chi connectivity index (χ1) is 6.61. The molecule has 0 bridgehead atoms. The molecule has 0 aromatic heterocycles. The molecule has 1 nitrogen and oxygen atoms in total. The maximum Gasteiger partial charge on any atom is 0.142 e. The van der Waals surface area contributed by atoms with Gasteiger partial charge in [-0.05, 0) is 46.8 Å². The van der Waals surface area contributed by atoms with E-state index < -0.39 is 5.82 Å². The minimum absolute atomic E-state index is 0.158. The van der Waals surface area contributed by atoms with Crippen molar-refractivity contribution in [3.63, 3.8) is 0 Å². The van der Waals surface area contributed by atoms with Gasteiger partial charge < -0.3 is 5.73 Å². The van der Waals surface area contributed by atoms with E-state index >= 15 is 0 Å². The van der Waals surface area contributed by atoms with Gasteiger partial charge in [0.25, 0.3) is 0 Å². The van der Waals surface area contributed by atoms with Crippen molar-refractivity contribution in [1.82, 2.24) is 0 Å². The van der Waals surface area contributed by atoms with E-state index in [1.54, 1.807) is 0 Å². The molecule has 14 heavy (non-hydrogen) atoms. The lowest BCUT2D eigenvalue weighted by atomic mass is 9.87. The third-order valence-corrected chi connectivity index (χ3v) is 3.20. The van der Waals surface area contributed by atoms with Crippen molar-refractivity contribution in [2.45, 2.75) is 25.3 Å². The van der Waals surface area contributed by atoms with Crippen LogP contribution >= 0.6 is 15.9 Å². The molecule has 1 aromatic carbocycles. The van der Waals surface area contributed by atoms with E-state index in [2.05, 4.69) is 15.9 Å². The van der Waals surface area contributed by atoms with Crippen LogP contribution in [0.25, 0.3) is 0 Å². The number of hydrogen-bond donors (Lipinski definition) is 1. The van der Waals surface area contributed by atoms with Gasteiger partial charge in [0.05, 0.1) is 4.47 Å². The zero-order chi connectivity index (χ0) is 10.3. The van der Waals surface area contributed by atoms with Crippen molar-refractivity contribution >= 4 is 15.9 Å². The molecule has 0 spiro atoms. The second-order valence-corrected chi connectivity index (χ2v) is 4.40. The summed E-state index contributed by atoms with van der Waals surface area (Å²) in [5, 5.41) is 0. The summed E-state index contributed by atoms with van der Waals surface area (Å²) in [6.07, 6.45) is 2.13. The van der Waals surface area contributed by atoms with Crippen LogP contribution in [0.5, 0.6) is 0 Å². The molecule has 0 radical (unpaired) electrons. The van der Waals surface area contributed by atoms with E-state index in [0.717, 1.165) is 12.8 Å². The van der Waals surface area contributed by atoms with E-state index in [9.17, 15) is 8.78 Å². The summed E-state index contributed by atoms with van der Waals surface area (Å²) >= 11 is 2.98. The Morgan fingerprint density at radius 3 is 2.86 bits per heavy atom. The van der Waals surface area contributed by atoms with Crippen LogP contribution in [0, 0.1) is 11.6 Å². The van der Waals surface area contributed by atoms with Gasteiger partial charge >= 0.3 is 0 Å². The molecule has 1 atom stereocenters. The Bertz CT molecular complexity index is 379. The summed E-state index contributed by atoms with van der Waals surface area (Å²) in [7, 11) is 0. The van der Waals surface area contributed by atoms with Crippen LogP contribution in [0.1, 0.15) is 30.0 Å². The monoisotopic (exact) mass is 261 g/mol. The lowest BCUT2D eigenvalue weighted by molar-refractivity contribution is 0.489. The topological polar surface area (TPSA) is 26.0 Å². The molecule has 0 aliphatic heterocycles. The zero-order valence-corrected chi connectivity index (χ0v) is 9.07. The highest BCUT2D eigenvalue weighted by Gasteiger charge is 2.25.